The SMILES string of the molecule is NCNC(=O)c1ccc(CNC=O)cc1. The van der Waals surface area contributed by atoms with Crippen molar-refractivity contribution in [1.82, 2.24) is 10.6 Å². The summed E-state index contributed by atoms with van der Waals surface area (Å²) in [6, 6.07) is 6.93. The van der Waals surface area contributed by atoms with Crippen LogP contribution in [0.1, 0.15) is 15.9 Å². The predicted molar refractivity (Wildman–Crippen MR) is 55.9 cm³/mol. The van der Waals surface area contributed by atoms with Crippen LogP contribution in [0.4, 0.5) is 0 Å². The van der Waals surface area contributed by atoms with Gasteiger partial charge in [-0.25, -0.2) is 0 Å². The van der Waals surface area contributed by atoms with Gasteiger partial charge in [-0.1, -0.05) is 12.1 Å². The molecular weight excluding hydrogens is 194 g/mol. The van der Waals surface area contributed by atoms with Gasteiger partial charge < -0.3 is 16.4 Å². The van der Waals surface area contributed by atoms with Crippen molar-refractivity contribution in [3.63, 3.8) is 0 Å². The topological polar surface area (TPSA) is 84.2 Å². The van der Waals surface area contributed by atoms with E-state index in [1.165, 1.54) is 0 Å². The zero-order chi connectivity index (χ0) is 11.1. The van der Waals surface area contributed by atoms with Gasteiger partial charge in [-0.15, -0.1) is 0 Å². The molecule has 1 rings (SSSR count). The predicted octanol–water partition coefficient (Wildman–Crippen LogP) is -0.421. The maximum absolute atomic E-state index is 11.3. The molecule has 0 bridgehead atoms. The first kappa shape index (κ1) is 11.2. The second-order valence-electron chi connectivity index (χ2n) is 2.91. The summed E-state index contributed by atoms with van der Waals surface area (Å²) in [6.45, 7) is 0.579. The summed E-state index contributed by atoms with van der Waals surface area (Å²) < 4.78 is 0. The lowest BCUT2D eigenvalue weighted by Gasteiger charge is -2.03. The fourth-order valence-electron chi connectivity index (χ4n) is 1.13. The van der Waals surface area contributed by atoms with E-state index in [-0.39, 0.29) is 12.6 Å². The van der Waals surface area contributed by atoms with Crippen LogP contribution in [0.15, 0.2) is 24.3 Å². The van der Waals surface area contributed by atoms with E-state index in [2.05, 4.69) is 10.6 Å². The second kappa shape index (κ2) is 5.77. The number of nitrogens with one attached hydrogen (secondary N) is 2. The summed E-state index contributed by atoms with van der Waals surface area (Å²) in [5, 5.41) is 5.03. The number of carbonyl (C=O) groups is 2. The third-order valence-electron chi connectivity index (χ3n) is 1.87. The van der Waals surface area contributed by atoms with Gasteiger partial charge in [0.15, 0.2) is 0 Å². The van der Waals surface area contributed by atoms with E-state index >= 15 is 0 Å². The summed E-state index contributed by atoms with van der Waals surface area (Å²) in [6.07, 6.45) is 0.634. The molecule has 80 valence electrons. The van der Waals surface area contributed by atoms with Crippen LogP contribution in [0.3, 0.4) is 0 Å². The molecule has 0 saturated carbocycles. The molecule has 4 N–H and O–H groups in total. The molecule has 1 aromatic rings. The van der Waals surface area contributed by atoms with Crippen LogP contribution < -0.4 is 16.4 Å². The van der Waals surface area contributed by atoms with Crippen molar-refractivity contribution in [3.8, 4) is 0 Å². The van der Waals surface area contributed by atoms with E-state index in [1.54, 1.807) is 24.3 Å². The minimum absolute atomic E-state index is 0.118. The number of carbonyl (C=O) groups excluding carboxylic acids is 2. The molecule has 0 unspecified atom stereocenters. The lowest BCUT2D eigenvalue weighted by Crippen LogP contribution is -2.29. The molecule has 0 radical (unpaired) electrons. The number of nitrogens with two attached hydrogens (primary N) is 1. The lowest BCUT2D eigenvalue weighted by atomic mass is 10.1. The Morgan fingerprint density at radius 2 is 2.00 bits per heavy atom. The molecule has 0 spiro atoms. The highest BCUT2D eigenvalue weighted by atomic mass is 16.1. The number of benzene rings is 1. The van der Waals surface area contributed by atoms with E-state index in [0.29, 0.717) is 18.5 Å². The molecule has 0 atom stereocenters. The first-order chi connectivity index (χ1) is 7.27. The van der Waals surface area contributed by atoms with Crippen molar-refractivity contribution in [3.05, 3.63) is 35.4 Å². The summed E-state index contributed by atoms with van der Waals surface area (Å²) in [5.41, 5.74) is 6.67. The monoisotopic (exact) mass is 207 g/mol. The van der Waals surface area contributed by atoms with E-state index < -0.39 is 0 Å². The summed E-state index contributed by atoms with van der Waals surface area (Å²) in [7, 11) is 0. The van der Waals surface area contributed by atoms with E-state index in [0.717, 1.165) is 5.56 Å². The molecule has 15 heavy (non-hydrogen) atoms. The molecule has 5 nitrogen and oxygen atoms in total. The van der Waals surface area contributed by atoms with Crippen LogP contribution in [-0.4, -0.2) is 19.0 Å². The molecule has 1 aromatic carbocycles. The van der Waals surface area contributed by atoms with Gasteiger partial charge in [-0.05, 0) is 17.7 Å². The van der Waals surface area contributed by atoms with Crippen molar-refractivity contribution < 1.29 is 9.59 Å². The average molecular weight is 207 g/mol. The van der Waals surface area contributed by atoms with Crippen LogP contribution >= 0.6 is 0 Å². The fraction of sp³-hybridized carbons (Fsp3) is 0.200. The van der Waals surface area contributed by atoms with Crippen molar-refractivity contribution in [1.29, 1.82) is 0 Å². The van der Waals surface area contributed by atoms with Crippen LogP contribution in [0.5, 0.6) is 0 Å². The molecule has 0 aromatic heterocycles. The molecule has 0 saturated heterocycles. The normalized spacial score (nSPS) is 9.40. The zero-order valence-corrected chi connectivity index (χ0v) is 8.19. The average Bonchev–Trinajstić information content (AvgIpc) is 2.27. The van der Waals surface area contributed by atoms with Crippen LogP contribution in [-0.2, 0) is 11.3 Å². The number of rotatable bonds is 5. The summed E-state index contributed by atoms with van der Waals surface area (Å²) in [5.74, 6) is -0.201. The molecule has 2 amide bonds. The second-order valence-corrected chi connectivity index (χ2v) is 2.91. The van der Waals surface area contributed by atoms with Crippen molar-refractivity contribution in [2.75, 3.05) is 6.67 Å². The first-order valence-electron chi connectivity index (χ1n) is 4.52. The van der Waals surface area contributed by atoms with E-state index in [9.17, 15) is 9.59 Å². The number of amides is 2. The molecule has 0 aliphatic carbocycles. The third-order valence-corrected chi connectivity index (χ3v) is 1.87. The van der Waals surface area contributed by atoms with Gasteiger partial charge in [-0.3, -0.25) is 9.59 Å². The highest BCUT2D eigenvalue weighted by Crippen LogP contribution is 2.03. The van der Waals surface area contributed by atoms with Gasteiger partial charge in [-0.2, -0.15) is 0 Å². The van der Waals surface area contributed by atoms with Crippen molar-refractivity contribution in [2.45, 2.75) is 6.54 Å². The minimum atomic E-state index is -0.201. The van der Waals surface area contributed by atoms with Gasteiger partial charge in [0.2, 0.25) is 6.41 Å². The maximum Gasteiger partial charge on any atom is 0.252 e. The first-order valence-corrected chi connectivity index (χ1v) is 4.52. The Morgan fingerprint density at radius 3 is 2.53 bits per heavy atom. The van der Waals surface area contributed by atoms with Crippen LogP contribution in [0.25, 0.3) is 0 Å². The Labute approximate surface area is 87.7 Å². The number of hydrogen-bond acceptors (Lipinski definition) is 3. The Balaban J connectivity index is 2.63. The Bertz CT molecular complexity index is 335. The highest BCUT2D eigenvalue weighted by Gasteiger charge is 2.02. The Hall–Kier alpha value is -1.88. The Morgan fingerprint density at radius 1 is 1.33 bits per heavy atom. The summed E-state index contributed by atoms with van der Waals surface area (Å²) in [4.78, 5) is 21.4. The molecular formula is C10H13N3O2. The smallest absolute Gasteiger partial charge is 0.252 e. The largest absolute Gasteiger partial charge is 0.355 e. The van der Waals surface area contributed by atoms with Gasteiger partial charge in [0.25, 0.3) is 5.91 Å². The molecule has 0 fully saturated rings. The standard InChI is InChI=1S/C10H13N3O2/c11-6-13-10(15)9-3-1-8(2-4-9)5-12-7-14/h1-4,7H,5-6,11H2,(H,12,14)(H,13,15). The highest BCUT2D eigenvalue weighted by molar-refractivity contribution is 5.94. The van der Waals surface area contributed by atoms with Gasteiger partial charge >= 0.3 is 0 Å². The molecule has 0 heterocycles. The lowest BCUT2D eigenvalue weighted by molar-refractivity contribution is -0.109. The van der Waals surface area contributed by atoms with Crippen LogP contribution in [0, 0.1) is 0 Å². The van der Waals surface area contributed by atoms with Crippen LogP contribution in [0.2, 0.25) is 0 Å². The molecule has 0 aliphatic rings. The van der Waals surface area contributed by atoms with Crippen molar-refractivity contribution >= 4 is 12.3 Å². The zero-order valence-electron chi connectivity index (χ0n) is 8.19. The molecule has 5 heteroatoms. The number of hydrogen-bond donors (Lipinski definition) is 3. The van der Waals surface area contributed by atoms with Gasteiger partial charge in [0.05, 0.1) is 6.67 Å². The van der Waals surface area contributed by atoms with Crippen molar-refractivity contribution in [2.24, 2.45) is 5.73 Å². The molecule has 0 aliphatic heterocycles. The van der Waals surface area contributed by atoms with Gasteiger partial charge in [0.1, 0.15) is 0 Å². The van der Waals surface area contributed by atoms with E-state index in [4.69, 9.17) is 5.73 Å². The van der Waals surface area contributed by atoms with Gasteiger partial charge in [0, 0.05) is 12.1 Å². The van der Waals surface area contributed by atoms with E-state index in [1.807, 2.05) is 0 Å². The Kier molecular flexibility index (Phi) is 4.30. The fourth-order valence-corrected chi connectivity index (χ4v) is 1.13. The minimum Gasteiger partial charge on any atom is -0.355 e. The quantitative estimate of drug-likeness (QED) is 0.453. The maximum atomic E-state index is 11.3. The summed E-state index contributed by atoms with van der Waals surface area (Å²) >= 11 is 0. The third kappa shape index (κ3) is 3.40.